The van der Waals surface area contributed by atoms with Crippen LogP contribution in [0.4, 0.5) is 4.39 Å². The number of nitrogens with zero attached hydrogens (tertiary/aromatic N) is 2. The van der Waals surface area contributed by atoms with Crippen molar-refractivity contribution < 1.29 is 4.39 Å². The third-order valence-electron chi connectivity index (χ3n) is 3.83. The minimum Gasteiger partial charge on any atom is -0.346 e. The Morgan fingerprint density at radius 3 is 2.62 bits per heavy atom. The molecule has 1 N–H and O–H groups in total. The third kappa shape index (κ3) is 2.90. The van der Waals surface area contributed by atoms with E-state index < -0.39 is 0 Å². The Balaban J connectivity index is 1.52. The first-order valence-electron chi connectivity index (χ1n) is 7.56. The fourth-order valence-electron chi connectivity index (χ4n) is 2.59. The number of aromatic amines is 1. The number of hydrogen-bond acceptors (Lipinski definition) is 3. The Kier molecular flexibility index (Phi) is 4.01. The Bertz CT molecular complexity index is 979. The van der Waals surface area contributed by atoms with E-state index in [1.54, 1.807) is 30.2 Å². The highest BCUT2D eigenvalue weighted by Gasteiger charge is 2.07. The lowest BCUT2D eigenvalue weighted by Crippen LogP contribution is -1.88. The summed E-state index contributed by atoms with van der Waals surface area (Å²) in [5.41, 5.74) is 3.53. The molecule has 4 aromatic rings. The molecule has 0 aliphatic rings. The van der Waals surface area contributed by atoms with Gasteiger partial charge in [0, 0.05) is 17.5 Å². The van der Waals surface area contributed by atoms with E-state index in [2.05, 4.69) is 15.0 Å². The fraction of sp³-hybridized carbons (Fsp3) is 0.0526. The minimum absolute atomic E-state index is 0.199. The van der Waals surface area contributed by atoms with Gasteiger partial charge in [0.25, 0.3) is 0 Å². The summed E-state index contributed by atoms with van der Waals surface area (Å²) in [4.78, 5) is 11.6. The zero-order valence-electron chi connectivity index (χ0n) is 12.7. The lowest BCUT2D eigenvalue weighted by Gasteiger charge is -2.06. The van der Waals surface area contributed by atoms with E-state index in [9.17, 15) is 4.39 Å². The first-order chi connectivity index (χ1) is 11.8. The van der Waals surface area contributed by atoms with Gasteiger partial charge in [0.15, 0.2) is 0 Å². The van der Waals surface area contributed by atoms with Crippen molar-refractivity contribution >= 4 is 22.8 Å². The third-order valence-corrected chi connectivity index (χ3v) is 4.91. The maximum Gasteiger partial charge on any atom is 0.141 e. The highest BCUT2D eigenvalue weighted by atomic mass is 32.2. The quantitative estimate of drug-likeness (QED) is 0.419. The van der Waals surface area contributed by atoms with Crippen LogP contribution in [0.15, 0.2) is 72.1 Å². The molecule has 118 valence electrons. The van der Waals surface area contributed by atoms with Gasteiger partial charge in [0.1, 0.15) is 22.8 Å². The van der Waals surface area contributed by atoms with Crippen molar-refractivity contribution in [3.05, 3.63) is 78.5 Å². The molecule has 24 heavy (non-hydrogen) atoms. The summed E-state index contributed by atoms with van der Waals surface area (Å²) in [6.07, 6.45) is 3.44. The molecule has 0 radical (unpaired) electrons. The Morgan fingerprint density at radius 1 is 0.958 bits per heavy atom. The molecule has 0 aliphatic carbocycles. The lowest BCUT2D eigenvalue weighted by atomic mass is 10.0. The van der Waals surface area contributed by atoms with Crippen LogP contribution in [0.1, 0.15) is 5.56 Å². The van der Waals surface area contributed by atoms with Crippen LogP contribution in [-0.2, 0) is 5.75 Å². The summed E-state index contributed by atoms with van der Waals surface area (Å²) < 4.78 is 13.8. The van der Waals surface area contributed by atoms with Crippen molar-refractivity contribution in [1.82, 2.24) is 15.0 Å². The van der Waals surface area contributed by atoms with E-state index in [0.717, 1.165) is 27.4 Å². The van der Waals surface area contributed by atoms with Gasteiger partial charge in [-0.05, 0) is 23.3 Å². The highest BCUT2D eigenvalue weighted by Crippen LogP contribution is 2.28. The summed E-state index contributed by atoms with van der Waals surface area (Å²) in [6.45, 7) is 0. The zero-order chi connectivity index (χ0) is 16.4. The van der Waals surface area contributed by atoms with E-state index in [0.29, 0.717) is 5.56 Å². The van der Waals surface area contributed by atoms with Crippen LogP contribution in [0.25, 0.3) is 22.2 Å². The van der Waals surface area contributed by atoms with E-state index in [4.69, 9.17) is 0 Å². The van der Waals surface area contributed by atoms with Gasteiger partial charge in [-0.15, -0.1) is 11.8 Å². The molecule has 0 atom stereocenters. The molecule has 2 aromatic heterocycles. The van der Waals surface area contributed by atoms with E-state index >= 15 is 0 Å². The average Bonchev–Trinajstić information content (AvgIpc) is 3.10. The molecule has 0 fully saturated rings. The number of benzene rings is 2. The van der Waals surface area contributed by atoms with E-state index in [-0.39, 0.29) is 5.82 Å². The summed E-state index contributed by atoms with van der Waals surface area (Å²) in [5, 5.41) is 1.99. The molecule has 0 amide bonds. The molecule has 0 saturated carbocycles. The first-order valence-corrected chi connectivity index (χ1v) is 8.54. The molecule has 2 heterocycles. The number of thioether (sulfide) groups is 1. The van der Waals surface area contributed by atoms with Crippen LogP contribution in [0.3, 0.4) is 0 Å². The van der Waals surface area contributed by atoms with Crippen molar-refractivity contribution in [3.63, 3.8) is 0 Å². The van der Waals surface area contributed by atoms with Gasteiger partial charge in [-0.3, -0.25) is 0 Å². The average molecular weight is 335 g/mol. The molecule has 4 rings (SSSR count). The number of H-pyrrole nitrogens is 1. The van der Waals surface area contributed by atoms with Crippen molar-refractivity contribution in [1.29, 1.82) is 0 Å². The summed E-state index contributed by atoms with van der Waals surface area (Å²) in [7, 11) is 0. The number of hydrogen-bond donors (Lipinski definition) is 1. The van der Waals surface area contributed by atoms with Crippen LogP contribution < -0.4 is 0 Å². The number of fused-ring (bicyclic) bond motifs is 1. The monoisotopic (exact) mass is 335 g/mol. The molecule has 0 bridgehead atoms. The normalized spacial score (nSPS) is 11.0. The molecular weight excluding hydrogens is 321 g/mol. The molecule has 0 spiro atoms. The van der Waals surface area contributed by atoms with Gasteiger partial charge in [0.2, 0.25) is 0 Å². The van der Waals surface area contributed by atoms with Gasteiger partial charge in [-0.1, -0.05) is 42.5 Å². The highest BCUT2D eigenvalue weighted by molar-refractivity contribution is 7.98. The van der Waals surface area contributed by atoms with Gasteiger partial charge in [-0.2, -0.15) is 0 Å². The van der Waals surface area contributed by atoms with Gasteiger partial charge in [0.05, 0.1) is 5.39 Å². The molecule has 5 heteroatoms. The Hall–Kier alpha value is -2.66. The number of nitrogens with one attached hydrogen (secondary N) is 1. The second kappa shape index (κ2) is 6.45. The second-order valence-corrected chi connectivity index (χ2v) is 6.35. The van der Waals surface area contributed by atoms with Gasteiger partial charge >= 0.3 is 0 Å². The summed E-state index contributed by atoms with van der Waals surface area (Å²) in [5.74, 6) is 0.602. The number of aromatic nitrogens is 3. The maximum absolute atomic E-state index is 13.8. The van der Waals surface area contributed by atoms with Gasteiger partial charge in [-0.25, -0.2) is 14.4 Å². The summed E-state index contributed by atoms with van der Waals surface area (Å²) in [6, 6.07) is 16.8. The zero-order valence-corrected chi connectivity index (χ0v) is 13.6. The Morgan fingerprint density at radius 2 is 1.79 bits per heavy atom. The predicted molar refractivity (Wildman–Crippen MR) is 95.3 cm³/mol. The molecule has 3 nitrogen and oxygen atoms in total. The second-order valence-electron chi connectivity index (χ2n) is 5.38. The predicted octanol–water partition coefficient (Wildman–Crippen LogP) is 5.06. The van der Waals surface area contributed by atoms with Crippen molar-refractivity contribution in [2.24, 2.45) is 0 Å². The molecular formula is C19H14FN3S. The fourth-order valence-corrected chi connectivity index (χ4v) is 3.53. The molecule has 0 aliphatic heterocycles. The number of rotatable bonds is 4. The molecule has 2 aromatic carbocycles. The van der Waals surface area contributed by atoms with Crippen LogP contribution in [0.5, 0.6) is 0 Å². The summed E-state index contributed by atoms with van der Waals surface area (Å²) >= 11 is 1.67. The van der Waals surface area contributed by atoms with Crippen LogP contribution in [0.2, 0.25) is 0 Å². The van der Waals surface area contributed by atoms with Crippen LogP contribution in [0, 0.1) is 5.82 Å². The topological polar surface area (TPSA) is 41.6 Å². The molecule has 0 saturated heterocycles. The van der Waals surface area contributed by atoms with Crippen LogP contribution in [-0.4, -0.2) is 15.0 Å². The first kappa shape index (κ1) is 14.9. The standard InChI is InChI=1S/C19H14FN3S/c20-17-4-2-1-3-15(17)14-7-5-13(6-8-14)11-24-19-16-9-10-21-18(16)22-12-23-19/h1-10,12H,11H2,(H,21,22,23). The SMILES string of the molecule is Fc1ccccc1-c1ccc(CSc2ncnc3[nH]ccc23)cc1. The molecule has 0 unspecified atom stereocenters. The van der Waals surface area contributed by atoms with E-state index in [1.165, 1.54) is 11.6 Å². The minimum atomic E-state index is -0.199. The lowest BCUT2D eigenvalue weighted by molar-refractivity contribution is 0.631. The van der Waals surface area contributed by atoms with Crippen molar-refractivity contribution in [2.75, 3.05) is 0 Å². The van der Waals surface area contributed by atoms with Gasteiger partial charge < -0.3 is 4.98 Å². The number of halogens is 1. The van der Waals surface area contributed by atoms with Crippen molar-refractivity contribution in [3.8, 4) is 11.1 Å². The Labute approximate surface area is 143 Å². The van der Waals surface area contributed by atoms with E-state index in [1.807, 2.05) is 42.6 Å². The van der Waals surface area contributed by atoms with Crippen LogP contribution >= 0.6 is 11.8 Å². The van der Waals surface area contributed by atoms with Crippen molar-refractivity contribution in [2.45, 2.75) is 10.8 Å². The largest absolute Gasteiger partial charge is 0.346 e. The smallest absolute Gasteiger partial charge is 0.141 e. The maximum atomic E-state index is 13.8.